The van der Waals surface area contributed by atoms with Gasteiger partial charge < -0.3 is 4.74 Å². The summed E-state index contributed by atoms with van der Waals surface area (Å²) in [5.41, 5.74) is 1.44. The van der Waals surface area contributed by atoms with E-state index in [1.165, 1.54) is 43.9 Å². The molecule has 1 aliphatic carbocycles. The van der Waals surface area contributed by atoms with Gasteiger partial charge >= 0.3 is 13.8 Å². The third-order valence-corrected chi connectivity index (χ3v) is 8.36. The highest BCUT2D eigenvalue weighted by Gasteiger charge is 2.32. The average molecular weight is 419 g/mol. The monoisotopic (exact) mass is 418 g/mol. The van der Waals surface area contributed by atoms with Gasteiger partial charge in [0.15, 0.2) is 11.7 Å². The summed E-state index contributed by atoms with van der Waals surface area (Å²) in [6.07, 6.45) is 7.39. The number of hydrogen-bond acceptors (Lipinski definition) is 5. The molecule has 2 atom stereocenters. The van der Waals surface area contributed by atoms with Gasteiger partial charge in [0.05, 0.1) is 12.1 Å². The zero-order valence-corrected chi connectivity index (χ0v) is 18.2. The van der Waals surface area contributed by atoms with Gasteiger partial charge in [-0.25, -0.2) is 4.98 Å². The first-order valence-electron chi connectivity index (χ1n) is 10.2. The van der Waals surface area contributed by atoms with Gasteiger partial charge in [0.25, 0.3) is 0 Å². The minimum atomic E-state index is -1.48. The van der Waals surface area contributed by atoms with Gasteiger partial charge in [-0.05, 0) is 31.4 Å². The van der Waals surface area contributed by atoms with Gasteiger partial charge in [-0.2, -0.15) is 0 Å². The highest BCUT2D eigenvalue weighted by atomic mass is 32.2. The lowest BCUT2D eigenvalue weighted by Gasteiger charge is -2.23. The van der Waals surface area contributed by atoms with Crippen molar-refractivity contribution in [3.8, 4) is 0 Å². The van der Waals surface area contributed by atoms with Gasteiger partial charge in [0.1, 0.15) is 10.9 Å². The number of benzene rings is 1. The molecule has 0 saturated heterocycles. The Morgan fingerprint density at radius 1 is 1.21 bits per heavy atom. The highest BCUT2D eigenvalue weighted by Crippen LogP contribution is 2.37. The van der Waals surface area contributed by atoms with E-state index in [2.05, 4.69) is 4.98 Å². The fourth-order valence-electron chi connectivity index (χ4n) is 3.89. The van der Waals surface area contributed by atoms with Crippen molar-refractivity contribution in [3.63, 3.8) is 0 Å². The number of ether oxygens (including phenoxy) is 1. The predicted molar refractivity (Wildman–Crippen MR) is 116 cm³/mol. The zero-order chi connectivity index (χ0) is 19.8. The van der Waals surface area contributed by atoms with Gasteiger partial charge in [-0.15, -0.1) is 0 Å². The van der Waals surface area contributed by atoms with Crippen LogP contribution in [0.15, 0.2) is 41.4 Å². The third-order valence-electron chi connectivity index (χ3n) is 5.32. The Balaban J connectivity index is 1.56. The molecule has 150 valence electrons. The number of rotatable bonds is 9. The molecule has 0 N–H and O–H groups in total. The van der Waals surface area contributed by atoms with Crippen molar-refractivity contribution in [2.75, 3.05) is 18.3 Å². The number of aromatic nitrogens is 1. The van der Waals surface area contributed by atoms with E-state index in [4.69, 9.17) is 4.74 Å². The van der Waals surface area contributed by atoms with E-state index in [0.717, 1.165) is 22.3 Å². The maximum Gasteiger partial charge on any atom is 0.350 e. The molecule has 1 aromatic heterocycles. The molecule has 4 nitrogen and oxygen atoms in total. The van der Waals surface area contributed by atoms with Crippen LogP contribution in [-0.2, 0) is 14.1 Å². The number of para-hydroxylation sites is 1. The molecule has 1 saturated carbocycles. The molecule has 6 heteroatoms. The molecule has 0 amide bonds. The number of thioether (sulfide) groups is 1. The predicted octanol–water partition coefficient (Wildman–Crippen LogP) is 6.26. The maximum absolute atomic E-state index is 12.7. The lowest BCUT2D eigenvalue weighted by molar-refractivity contribution is -0.147. The molecular formula is C22H29NO3PS+. The first-order chi connectivity index (χ1) is 13.7. The quantitative estimate of drug-likeness (QED) is 0.273. The van der Waals surface area contributed by atoms with Gasteiger partial charge in [0.2, 0.25) is 0 Å². The van der Waals surface area contributed by atoms with Crippen molar-refractivity contribution in [3.05, 3.63) is 36.4 Å². The topological polar surface area (TPSA) is 56.3 Å². The molecule has 0 bridgehead atoms. The van der Waals surface area contributed by atoms with Crippen molar-refractivity contribution in [2.24, 2.45) is 11.8 Å². The number of fused-ring (bicyclic) bond motifs is 1. The van der Waals surface area contributed by atoms with Crippen LogP contribution in [0, 0.1) is 11.8 Å². The molecular weight excluding hydrogens is 389 g/mol. The average Bonchev–Trinajstić information content (AvgIpc) is 2.72. The van der Waals surface area contributed by atoms with Crippen LogP contribution >= 0.6 is 19.6 Å². The molecule has 1 aromatic carbocycles. The molecule has 1 fully saturated rings. The molecule has 0 spiro atoms. The summed E-state index contributed by atoms with van der Waals surface area (Å²) in [7, 11) is -1.48. The molecule has 28 heavy (non-hydrogen) atoms. The largest absolute Gasteiger partial charge is 0.466 e. The number of carbonyl (C=O) groups excluding carboxylic acids is 1. The van der Waals surface area contributed by atoms with Gasteiger partial charge in [-0.3, -0.25) is 4.79 Å². The SMILES string of the molecule is CCOC(=O)C(CC1CCCCC1)C[P+](=O)CSc1ccc2ccccc2n1. The Bertz CT molecular complexity index is 807. The summed E-state index contributed by atoms with van der Waals surface area (Å²) < 4.78 is 18.0. The summed E-state index contributed by atoms with van der Waals surface area (Å²) in [5, 5.41) is 1.98. The number of esters is 1. The first-order valence-corrected chi connectivity index (χ1v) is 12.8. The Labute approximate surface area is 172 Å². The summed E-state index contributed by atoms with van der Waals surface area (Å²) in [4.78, 5) is 17.0. The zero-order valence-electron chi connectivity index (χ0n) is 16.5. The van der Waals surface area contributed by atoms with Crippen molar-refractivity contribution in [1.29, 1.82) is 0 Å². The van der Waals surface area contributed by atoms with Crippen LogP contribution in [0.5, 0.6) is 0 Å². The van der Waals surface area contributed by atoms with Crippen LogP contribution in [0.1, 0.15) is 45.4 Å². The van der Waals surface area contributed by atoms with E-state index in [1.807, 2.05) is 43.3 Å². The lowest BCUT2D eigenvalue weighted by Crippen LogP contribution is -2.24. The van der Waals surface area contributed by atoms with Crippen LogP contribution in [0.3, 0.4) is 0 Å². The molecule has 2 aromatic rings. The number of pyridine rings is 1. The molecule has 0 aliphatic heterocycles. The van der Waals surface area contributed by atoms with Crippen LogP contribution in [0.4, 0.5) is 0 Å². The lowest BCUT2D eigenvalue weighted by atomic mass is 9.83. The van der Waals surface area contributed by atoms with Gasteiger partial charge in [0, 0.05) is 5.39 Å². The fraction of sp³-hybridized carbons (Fsp3) is 0.545. The molecule has 1 aliphatic rings. The summed E-state index contributed by atoms with van der Waals surface area (Å²) in [5.74, 6) is 0.156. The second-order valence-corrected chi connectivity index (χ2v) is 10.5. The standard InChI is InChI=1S/C22H29NO3PS/c1-2-26-22(24)19(14-17-8-4-3-5-9-17)15-27(25)16-28-21-13-12-18-10-6-7-11-20(18)23-21/h6-7,10-13,17,19H,2-5,8-9,14-16H2,1H3/q+1. The van der Waals surface area contributed by atoms with Crippen molar-refractivity contribution in [1.82, 2.24) is 4.98 Å². The van der Waals surface area contributed by atoms with Crippen molar-refractivity contribution < 1.29 is 14.1 Å². The van der Waals surface area contributed by atoms with Crippen LogP contribution < -0.4 is 0 Å². The molecule has 3 rings (SSSR count). The molecule has 0 radical (unpaired) electrons. The Morgan fingerprint density at radius 3 is 2.79 bits per heavy atom. The van der Waals surface area contributed by atoms with Crippen molar-refractivity contribution >= 4 is 36.4 Å². The minimum Gasteiger partial charge on any atom is -0.466 e. The molecule has 1 heterocycles. The smallest absolute Gasteiger partial charge is 0.350 e. The maximum atomic E-state index is 12.7. The van der Waals surface area contributed by atoms with Crippen molar-refractivity contribution in [2.45, 2.75) is 50.5 Å². The van der Waals surface area contributed by atoms with E-state index in [-0.39, 0.29) is 11.9 Å². The Morgan fingerprint density at radius 2 is 2.00 bits per heavy atom. The number of hydrogen-bond donors (Lipinski definition) is 0. The minimum absolute atomic E-state index is 0.176. The van der Waals surface area contributed by atoms with E-state index in [9.17, 15) is 9.36 Å². The first kappa shape index (κ1) is 21.3. The fourth-order valence-corrected chi connectivity index (χ4v) is 6.54. The summed E-state index contributed by atoms with van der Waals surface area (Å²) in [6.45, 7) is 2.21. The van der Waals surface area contributed by atoms with Crippen LogP contribution in [-0.4, -0.2) is 29.2 Å². The van der Waals surface area contributed by atoms with E-state index >= 15 is 0 Å². The second-order valence-electron chi connectivity index (χ2n) is 7.47. The Kier molecular flexibility index (Phi) is 8.29. The van der Waals surface area contributed by atoms with E-state index in [1.54, 1.807) is 0 Å². The third kappa shape index (κ3) is 6.28. The highest BCUT2D eigenvalue weighted by molar-refractivity contribution is 8.03. The number of nitrogens with zero attached hydrogens (tertiary/aromatic N) is 1. The van der Waals surface area contributed by atoms with E-state index < -0.39 is 7.80 Å². The van der Waals surface area contributed by atoms with Crippen LogP contribution in [0.2, 0.25) is 0 Å². The summed E-state index contributed by atoms with van der Waals surface area (Å²) in [6, 6.07) is 12.0. The Hall–Kier alpha value is -1.45. The number of carbonyl (C=O) groups is 1. The van der Waals surface area contributed by atoms with Gasteiger partial charge in [-0.1, -0.05) is 72.7 Å². The molecule has 2 unspecified atom stereocenters. The normalized spacial score (nSPS) is 16.7. The second kappa shape index (κ2) is 10.9. The summed E-state index contributed by atoms with van der Waals surface area (Å²) >= 11 is 1.51. The van der Waals surface area contributed by atoms with E-state index in [0.29, 0.717) is 24.2 Å². The van der Waals surface area contributed by atoms with Crippen LogP contribution in [0.25, 0.3) is 10.9 Å².